The van der Waals surface area contributed by atoms with Crippen LogP contribution in [-0.2, 0) is 14.3 Å². The van der Waals surface area contributed by atoms with Gasteiger partial charge in [0.05, 0.1) is 5.56 Å². The Kier molecular flexibility index (Phi) is 7.19. The lowest BCUT2D eigenvalue weighted by Crippen LogP contribution is -2.36. The summed E-state index contributed by atoms with van der Waals surface area (Å²) in [7, 11) is 0. The SMILES string of the molecule is Cc1cc(C(=O)OCC(=O)O[C@H]2C[C@@H](C)CC[C@H]2C(C)C)c(C)n1-c1ccc(F)cc1. The predicted octanol–water partition coefficient (Wildman–Crippen LogP) is 5.39. The van der Waals surface area contributed by atoms with E-state index in [-0.39, 0.29) is 11.9 Å². The second-order valence-electron chi connectivity index (χ2n) is 9.03. The van der Waals surface area contributed by atoms with Crippen molar-refractivity contribution in [1.29, 1.82) is 0 Å². The molecule has 3 rings (SSSR count). The highest BCUT2D eigenvalue weighted by Crippen LogP contribution is 2.35. The number of benzene rings is 1. The number of esters is 2. The third kappa shape index (κ3) is 5.35. The van der Waals surface area contributed by atoms with Gasteiger partial charge in [-0.25, -0.2) is 14.0 Å². The molecule has 2 aromatic rings. The van der Waals surface area contributed by atoms with E-state index in [1.807, 2.05) is 11.5 Å². The van der Waals surface area contributed by atoms with Gasteiger partial charge in [-0.1, -0.05) is 27.2 Å². The van der Waals surface area contributed by atoms with E-state index in [1.54, 1.807) is 25.1 Å². The van der Waals surface area contributed by atoms with Gasteiger partial charge in [-0.15, -0.1) is 0 Å². The van der Waals surface area contributed by atoms with Gasteiger partial charge in [-0.3, -0.25) is 0 Å². The zero-order valence-electron chi connectivity index (χ0n) is 19.0. The van der Waals surface area contributed by atoms with E-state index < -0.39 is 18.5 Å². The van der Waals surface area contributed by atoms with Gasteiger partial charge in [0.2, 0.25) is 0 Å². The highest BCUT2D eigenvalue weighted by molar-refractivity contribution is 5.92. The van der Waals surface area contributed by atoms with Gasteiger partial charge in [0.15, 0.2) is 6.61 Å². The van der Waals surface area contributed by atoms with Crippen LogP contribution in [0.4, 0.5) is 4.39 Å². The van der Waals surface area contributed by atoms with Gasteiger partial charge in [0, 0.05) is 17.1 Å². The van der Waals surface area contributed by atoms with E-state index >= 15 is 0 Å². The van der Waals surface area contributed by atoms with Crippen molar-refractivity contribution in [2.24, 2.45) is 17.8 Å². The zero-order chi connectivity index (χ0) is 22.7. The number of ether oxygens (including phenoxy) is 2. The first-order valence-corrected chi connectivity index (χ1v) is 11.0. The number of carbonyl (C=O) groups is 2. The van der Waals surface area contributed by atoms with Crippen molar-refractivity contribution in [3.05, 3.63) is 53.1 Å². The van der Waals surface area contributed by atoms with Crippen molar-refractivity contribution in [2.75, 3.05) is 6.61 Å². The Labute approximate surface area is 183 Å². The minimum atomic E-state index is -0.573. The van der Waals surface area contributed by atoms with Crippen LogP contribution in [0.15, 0.2) is 30.3 Å². The fourth-order valence-electron chi connectivity index (χ4n) is 4.61. The monoisotopic (exact) mass is 429 g/mol. The third-order valence-corrected chi connectivity index (χ3v) is 6.30. The Morgan fingerprint density at radius 3 is 2.48 bits per heavy atom. The fourth-order valence-corrected chi connectivity index (χ4v) is 4.61. The molecular formula is C25H32FNO4. The summed E-state index contributed by atoms with van der Waals surface area (Å²) in [5.74, 6) is -0.111. The summed E-state index contributed by atoms with van der Waals surface area (Å²) in [6.07, 6.45) is 2.92. The average molecular weight is 430 g/mol. The number of carbonyl (C=O) groups excluding carboxylic acids is 2. The summed E-state index contributed by atoms with van der Waals surface area (Å²) in [4.78, 5) is 25.0. The van der Waals surface area contributed by atoms with Crippen molar-refractivity contribution in [3.8, 4) is 5.69 Å². The molecule has 5 nitrogen and oxygen atoms in total. The van der Waals surface area contributed by atoms with E-state index in [1.165, 1.54) is 12.1 Å². The number of halogens is 1. The third-order valence-electron chi connectivity index (χ3n) is 6.30. The minimum Gasteiger partial charge on any atom is -0.460 e. The molecule has 168 valence electrons. The van der Waals surface area contributed by atoms with E-state index in [2.05, 4.69) is 20.8 Å². The molecule has 0 N–H and O–H groups in total. The molecule has 1 aromatic carbocycles. The normalized spacial score (nSPS) is 21.2. The molecule has 0 saturated heterocycles. The summed E-state index contributed by atoms with van der Waals surface area (Å²) in [6, 6.07) is 7.76. The van der Waals surface area contributed by atoms with E-state index in [0.29, 0.717) is 29.0 Å². The minimum absolute atomic E-state index is 0.126. The van der Waals surface area contributed by atoms with Crippen LogP contribution in [-0.4, -0.2) is 29.2 Å². The van der Waals surface area contributed by atoms with Gasteiger partial charge < -0.3 is 14.0 Å². The summed E-state index contributed by atoms with van der Waals surface area (Å²) in [6.45, 7) is 9.72. The molecule has 6 heteroatoms. The molecule has 31 heavy (non-hydrogen) atoms. The Balaban J connectivity index is 1.63. The molecule has 0 unspecified atom stereocenters. The zero-order valence-corrected chi connectivity index (χ0v) is 19.0. The van der Waals surface area contributed by atoms with Gasteiger partial charge >= 0.3 is 11.9 Å². The van der Waals surface area contributed by atoms with Gasteiger partial charge in [-0.2, -0.15) is 0 Å². The molecular weight excluding hydrogens is 397 g/mol. The van der Waals surface area contributed by atoms with Gasteiger partial charge in [0.25, 0.3) is 0 Å². The lowest BCUT2D eigenvalue weighted by atomic mass is 9.75. The van der Waals surface area contributed by atoms with Crippen LogP contribution in [0.5, 0.6) is 0 Å². The molecule has 1 aromatic heterocycles. The summed E-state index contributed by atoms with van der Waals surface area (Å²) < 4.78 is 26.1. The largest absolute Gasteiger partial charge is 0.460 e. The molecule has 3 atom stereocenters. The molecule has 1 aliphatic carbocycles. The van der Waals surface area contributed by atoms with Crippen molar-refractivity contribution in [2.45, 2.75) is 60.0 Å². The van der Waals surface area contributed by atoms with E-state index in [4.69, 9.17) is 9.47 Å². The maximum absolute atomic E-state index is 13.2. The molecule has 0 amide bonds. The number of rotatable bonds is 6. The number of aromatic nitrogens is 1. The average Bonchev–Trinajstić information content (AvgIpc) is 3.01. The topological polar surface area (TPSA) is 57.5 Å². The van der Waals surface area contributed by atoms with Crippen LogP contribution in [0.25, 0.3) is 5.69 Å². The predicted molar refractivity (Wildman–Crippen MR) is 117 cm³/mol. The van der Waals surface area contributed by atoms with Gasteiger partial charge in [0.1, 0.15) is 11.9 Å². The maximum Gasteiger partial charge on any atom is 0.344 e. The second-order valence-corrected chi connectivity index (χ2v) is 9.03. The highest BCUT2D eigenvalue weighted by atomic mass is 19.1. The van der Waals surface area contributed by atoms with Crippen LogP contribution in [0, 0.1) is 37.4 Å². The van der Waals surface area contributed by atoms with Crippen molar-refractivity contribution in [3.63, 3.8) is 0 Å². The second kappa shape index (κ2) is 9.67. The lowest BCUT2D eigenvalue weighted by molar-refractivity contribution is -0.159. The Morgan fingerprint density at radius 1 is 1.16 bits per heavy atom. The molecule has 0 bridgehead atoms. The van der Waals surface area contributed by atoms with Crippen molar-refractivity contribution >= 4 is 11.9 Å². The number of nitrogens with zero attached hydrogens (tertiary/aromatic N) is 1. The first-order valence-electron chi connectivity index (χ1n) is 11.0. The number of aryl methyl sites for hydroxylation is 1. The Bertz CT molecular complexity index is 932. The summed E-state index contributed by atoms with van der Waals surface area (Å²) in [5.41, 5.74) is 2.61. The Morgan fingerprint density at radius 2 is 1.84 bits per heavy atom. The number of hydrogen-bond acceptors (Lipinski definition) is 4. The molecule has 1 aliphatic rings. The van der Waals surface area contributed by atoms with Crippen LogP contribution < -0.4 is 0 Å². The standard InChI is InChI=1S/C25H32FNO4/c1-15(2)21-11-6-16(3)12-23(21)31-24(28)14-30-25(29)22-13-17(4)27(18(22)5)20-9-7-19(26)8-10-20/h7-10,13,15-16,21,23H,6,11-12,14H2,1-5H3/t16-,21-,23-/m0/s1. The Hall–Kier alpha value is -2.63. The molecule has 1 saturated carbocycles. The number of hydrogen-bond donors (Lipinski definition) is 0. The van der Waals surface area contributed by atoms with E-state index in [0.717, 1.165) is 30.6 Å². The quantitative estimate of drug-likeness (QED) is 0.578. The first-order chi connectivity index (χ1) is 14.7. The highest BCUT2D eigenvalue weighted by Gasteiger charge is 2.33. The molecule has 0 spiro atoms. The van der Waals surface area contributed by atoms with Crippen LogP contribution in [0.3, 0.4) is 0 Å². The summed E-state index contributed by atoms with van der Waals surface area (Å²) >= 11 is 0. The molecule has 1 heterocycles. The van der Waals surface area contributed by atoms with Crippen LogP contribution >= 0.6 is 0 Å². The van der Waals surface area contributed by atoms with E-state index in [9.17, 15) is 14.0 Å². The van der Waals surface area contributed by atoms with Crippen LogP contribution in [0.2, 0.25) is 0 Å². The van der Waals surface area contributed by atoms with Gasteiger partial charge in [-0.05, 0) is 74.8 Å². The molecule has 1 fully saturated rings. The fraction of sp³-hybridized carbons (Fsp3) is 0.520. The summed E-state index contributed by atoms with van der Waals surface area (Å²) in [5, 5.41) is 0. The molecule has 0 aliphatic heterocycles. The lowest BCUT2D eigenvalue weighted by Gasteiger charge is -2.36. The first kappa shape index (κ1) is 23.0. The maximum atomic E-state index is 13.2. The van der Waals surface area contributed by atoms with Crippen molar-refractivity contribution < 1.29 is 23.5 Å². The smallest absolute Gasteiger partial charge is 0.344 e. The van der Waals surface area contributed by atoms with Crippen molar-refractivity contribution in [1.82, 2.24) is 4.57 Å². The van der Waals surface area contributed by atoms with Crippen LogP contribution in [0.1, 0.15) is 61.8 Å². The molecule has 0 radical (unpaired) electrons.